The number of ether oxygens (including phenoxy) is 1. The summed E-state index contributed by atoms with van der Waals surface area (Å²) < 4.78 is 5.97. The highest BCUT2D eigenvalue weighted by atomic mass is 16.5. The first-order valence-electron chi connectivity index (χ1n) is 12.1. The zero-order valence-corrected chi connectivity index (χ0v) is 18.8. The lowest BCUT2D eigenvalue weighted by Gasteiger charge is -2.29. The molecular weight excluding hydrogens is 346 g/mol. The van der Waals surface area contributed by atoms with Crippen molar-refractivity contribution < 1.29 is 9.84 Å². The summed E-state index contributed by atoms with van der Waals surface area (Å²) in [6, 6.07) is 0. The number of hydrogen-bond acceptors (Lipinski definition) is 3. The highest BCUT2D eigenvalue weighted by molar-refractivity contribution is 4.92. The normalized spacial score (nSPS) is 17.8. The molecule has 1 aliphatic heterocycles. The van der Waals surface area contributed by atoms with Gasteiger partial charge in [0, 0.05) is 19.7 Å². The van der Waals surface area contributed by atoms with Gasteiger partial charge in [-0.25, -0.2) is 0 Å². The lowest BCUT2D eigenvalue weighted by atomic mass is 10.1. The van der Waals surface area contributed by atoms with Crippen molar-refractivity contribution in [3.8, 4) is 0 Å². The first-order chi connectivity index (χ1) is 13.8. The summed E-state index contributed by atoms with van der Waals surface area (Å²) in [4.78, 5) is 2.29. The fourth-order valence-electron chi connectivity index (χ4n) is 3.84. The fraction of sp³-hybridized carbons (Fsp3) is 0.840. The minimum absolute atomic E-state index is 0.0968. The molecule has 1 fully saturated rings. The van der Waals surface area contributed by atoms with Gasteiger partial charge in [0.25, 0.3) is 0 Å². The standard InChI is InChI=1S/C25H47NO2/c1-3-4-5-6-7-8-9-10-11-12-13-14-15-16-17-20-23-28-25(24(2)27)26-21-18-19-22-26/h7-8,10-11,24-25,27H,3-6,9,12-23H2,1-2H3/b8-7-,11-10-. The van der Waals surface area contributed by atoms with Crippen LogP contribution in [-0.4, -0.2) is 42.0 Å². The molecule has 1 N–H and O–H groups in total. The van der Waals surface area contributed by atoms with Gasteiger partial charge in [-0.15, -0.1) is 0 Å². The Bertz CT molecular complexity index is 386. The summed E-state index contributed by atoms with van der Waals surface area (Å²) in [5, 5.41) is 9.93. The number of likely N-dealkylation sites (tertiary alicyclic amines) is 1. The molecular formula is C25H47NO2. The van der Waals surface area contributed by atoms with Crippen LogP contribution in [-0.2, 0) is 4.74 Å². The Labute approximate surface area is 175 Å². The monoisotopic (exact) mass is 393 g/mol. The van der Waals surface area contributed by atoms with E-state index in [4.69, 9.17) is 4.74 Å². The average molecular weight is 394 g/mol. The van der Waals surface area contributed by atoms with Gasteiger partial charge >= 0.3 is 0 Å². The predicted octanol–water partition coefficient (Wildman–Crippen LogP) is 6.62. The Morgan fingerprint density at radius 2 is 1.39 bits per heavy atom. The fourth-order valence-corrected chi connectivity index (χ4v) is 3.84. The van der Waals surface area contributed by atoms with Crippen LogP contribution >= 0.6 is 0 Å². The molecule has 0 aromatic rings. The number of unbranched alkanes of at least 4 members (excludes halogenated alkanes) is 9. The minimum atomic E-state index is -0.400. The van der Waals surface area contributed by atoms with Crippen molar-refractivity contribution in [3.63, 3.8) is 0 Å². The van der Waals surface area contributed by atoms with E-state index < -0.39 is 6.10 Å². The van der Waals surface area contributed by atoms with Crippen molar-refractivity contribution in [1.82, 2.24) is 4.90 Å². The van der Waals surface area contributed by atoms with Crippen LogP contribution in [0.25, 0.3) is 0 Å². The van der Waals surface area contributed by atoms with E-state index in [9.17, 15) is 5.11 Å². The van der Waals surface area contributed by atoms with Crippen molar-refractivity contribution in [2.45, 2.75) is 116 Å². The molecule has 3 nitrogen and oxygen atoms in total. The van der Waals surface area contributed by atoms with Gasteiger partial charge in [-0.3, -0.25) is 4.90 Å². The van der Waals surface area contributed by atoms with E-state index in [0.717, 1.165) is 32.5 Å². The molecule has 2 unspecified atom stereocenters. The Hall–Kier alpha value is -0.640. The Kier molecular flexibility index (Phi) is 16.7. The molecule has 0 spiro atoms. The van der Waals surface area contributed by atoms with E-state index in [0.29, 0.717) is 0 Å². The van der Waals surface area contributed by atoms with Gasteiger partial charge < -0.3 is 9.84 Å². The molecule has 0 aromatic heterocycles. The van der Waals surface area contributed by atoms with E-state index in [-0.39, 0.29) is 6.23 Å². The van der Waals surface area contributed by atoms with Crippen LogP contribution < -0.4 is 0 Å². The highest BCUT2D eigenvalue weighted by Gasteiger charge is 2.26. The van der Waals surface area contributed by atoms with Gasteiger partial charge in [-0.2, -0.15) is 0 Å². The molecule has 2 atom stereocenters. The molecule has 1 aliphatic rings. The molecule has 0 radical (unpaired) electrons. The Morgan fingerprint density at radius 3 is 2.00 bits per heavy atom. The maximum Gasteiger partial charge on any atom is 0.136 e. The number of allylic oxidation sites excluding steroid dienone is 4. The zero-order valence-electron chi connectivity index (χ0n) is 18.8. The van der Waals surface area contributed by atoms with Crippen LogP contribution in [0.3, 0.4) is 0 Å². The summed E-state index contributed by atoms with van der Waals surface area (Å²) in [6.07, 6.45) is 26.5. The minimum Gasteiger partial charge on any atom is -0.389 e. The number of aliphatic hydroxyl groups excluding tert-OH is 1. The molecule has 0 aliphatic carbocycles. The summed E-state index contributed by atoms with van der Waals surface area (Å²) in [5.41, 5.74) is 0. The summed E-state index contributed by atoms with van der Waals surface area (Å²) in [6.45, 7) is 7.02. The van der Waals surface area contributed by atoms with Crippen molar-refractivity contribution >= 4 is 0 Å². The second kappa shape index (κ2) is 18.4. The molecule has 0 amide bonds. The Balaban J connectivity index is 1.86. The van der Waals surface area contributed by atoms with Crippen LogP contribution in [0.4, 0.5) is 0 Å². The lowest BCUT2D eigenvalue weighted by Crippen LogP contribution is -2.42. The van der Waals surface area contributed by atoms with Gasteiger partial charge in [-0.1, -0.05) is 69.8 Å². The topological polar surface area (TPSA) is 32.7 Å². The Morgan fingerprint density at radius 1 is 0.821 bits per heavy atom. The molecule has 164 valence electrons. The van der Waals surface area contributed by atoms with Crippen molar-refractivity contribution in [1.29, 1.82) is 0 Å². The van der Waals surface area contributed by atoms with Crippen molar-refractivity contribution in [2.75, 3.05) is 19.7 Å². The molecule has 1 saturated heterocycles. The van der Waals surface area contributed by atoms with E-state index in [1.54, 1.807) is 0 Å². The lowest BCUT2D eigenvalue weighted by molar-refractivity contribution is -0.112. The highest BCUT2D eigenvalue weighted by Crippen LogP contribution is 2.16. The molecule has 1 rings (SSSR count). The quantitative estimate of drug-likeness (QED) is 0.210. The van der Waals surface area contributed by atoms with Crippen LogP contribution in [0.1, 0.15) is 104 Å². The molecule has 0 saturated carbocycles. The third kappa shape index (κ3) is 13.5. The average Bonchev–Trinajstić information content (AvgIpc) is 3.21. The maximum absolute atomic E-state index is 9.93. The first-order valence-corrected chi connectivity index (χ1v) is 12.1. The van der Waals surface area contributed by atoms with Gasteiger partial charge in [0.2, 0.25) is 0 Å². The first kappa shape index (κ1) is 25.4. The predicted molar refractivity (Wildman–Crippen MR) is 122 cm³/mol. The maximum atomic E-state index is 9.93. The molecule has 28 heavy (non-hydrogen) atoms. The molecule has 3 heteroatoms. The summed E-state index contributed by atoms with van der Waals surface area (Å²) >= 11 is 0. The van der Waals surface area contributed by atoms with Crippen LogP contribution in [0.5, 0.6) is 0 Å². The molecule has 0 aromatic carbocycles. The summed E-state index contributed by atoms with van der Waals surface area (Å²) in [5.74, 6) is 0. The number of hydrogen-bond donors (Lipinski definition) is 1. The zero-order chi connectivity index (χ0) is 20.3. The smallest absolute Gasteiger partial charge is 0.136 e. The van der Waals surface area contributed by atoms with Crippen LogP contribution in [0.2, 0.25) is 0 Å². The van der Waals surface area contributed by atoms with Gasteiger partial charge in [0.1, 0.15) is 6.23 Å². The third-order valence-corrected chi connectivity index (χ3v) is 5.55. The third-order valence-electron chi connectivity index (χ3n) is 5.55. The van der Waals surface area contributed by atoms with Crippen molar-refractivity contribution in [3.05, 3.63) is 24.3 Å². The van der Waals surface area contributed by atoms with Gasteiger partial charge in [-0.05, 0) is 58.3 Å². The van der Waals surface area contributed by atoms with E-state index in [1.165, 1.54) is 77.0 Å². The SMILES string of the molecule is CCCCC/C=C\C/C=C\CCCCCCCCOC(C(C)O)N1CCCC1. The van der Waals surface area contributed by atoms with E-state index in [1.807, 2.05) is 6.92 Å². The second-order valence-electron chi connectivity index (χ2n) is 8.33. The second-order valence-corrected chi connectivity index (χ2v) is 8.33. The number of rotatable bonds is 18. The van der Waals surface area contributed by atoms with Crippen LogP contribution in [0, 0.1) is 0 Å². The van der Waals surface area contributed by atoms with E-state index in [2.05, 4.69) is 36.1 Å². The number of aliphatic hydroxyl groups is 1. The number of nitrogens with zero attached hydrogens (tertiary/aromatic N) is 1. The molecule has 0 bridgehead atoms. The van der Waals surface area contributed by atoms with Gasteiger partial charge in [0.15, 0.2) is 0 Å². The van der Waals surface area contributed by atoms with Crippen LogP contribution in [0.15, 0.2) is 24.3 Å². The van der Waals surface area contributed by atoms with Crippen molar-refractivity contribution in [2.24, 2.45) is 0 Å². The summed E-state index contributed by atoms with van der Waals surface area (Å²) in [7, 11) is 0. The van der Waals surface area contributed by atoms with E-state index >= 15 is 0 Å². The largest absolute Gasteiger partial charge is 0.389 e. The molecule has 1 heterocycles. The van der Waals surface area contributed by atoms with Gasteiger partial charge in [0.05, 0.1) is 6.10 Å².